The first kappa shape index (κ1) is 34.1. The van der Waals surface area contributed by atoms with Gasteiger partial charge in [-0.1, -0.05) is 71.9 Å². The highest BCUT2D eigenvalue weighted by Gasteiger charge is 2.37. The maximum Gasteiger partial charge on any atom is 0.329 e. The van der Waals surface area contributed by atoms with Crippen molar-refractivity contribution in [3.05, 3.63) is 35.9 Å². The quantitative estimate of drug-likeness (QED) is 0.335. The van der Waals surface area contributed by atoms with Crippen molar-refractivity contribution in [3.63, 3.8) is 0 Å². The third-order valence-corrected chi connectivity index (χ3v) is 6.22. The topological polar surface area (TPSA) is 120 Å². The first-order valence-electron chi connectivity index (χ1n) is 13.8. The number of carbonyl (C=O) groups is 4. The van der Waals surface area contributed by atoms with Crippen molar-refractivity contribution >= 4 is 23.8 Å². The van der Waals surface area contributed by atoms with Gasteiger partial charge in [0.1, 0.15) is 23.8 Å². The molecule has 1 rings (SSSR count). The SMILES string of the molecule is CC[C@H](C)[C@@H](OC(=O)[C@@H](NC(=O)[C@@H](C)OCc1ccccc1)C(C)C)C(=O)N[C@@H](C(=O)OC(C)(C)C)C(C)C. The van der Waals surface area contributed by atoms with Crippen molar-refractivity contribution in [2.24, 2.45) is 17.8 Å². The van der Waals surface area contributed by atoms with E-state index in [1.807, 2.05) is 37.3 Å². The Kier molecular flexibility index (Phi) is 13.6. The number of esters is 2. The minimum Gasteiger partial charge on any atom is -0.458 e. The second-order valence-electron chi connectivity index (χ2n) is 11.7. The van der Waals surface area contributed by atoms with E-state index in [-0.39, 0.29) is 24.4 Å². The van der Waals surface area contributed by atoms with Crippen LogP contribution in [0.3, 0.4) is 0 Å². The largest absolute Gasteiger partial charge is 0.458 e. The van der Waals surface area contributed by atoms with Crippen LogP contribution in [0.2, 0.25) is 0 Å². The first-order valence-corrected chi connectivity index (χ1v) is 13.8. The lowest BCUT2D eigenvalue weighted by atomic mass is 9.98. The van der Waals surface area contributed by atoms with Gasteiger partial charge in [0.15, 0.2) is 6.10 Å². The van der Waals surface area contributed by atoms with Crippen LogP contribution in [0.5, 0.6) is 0 Å². The fourth-order valence-corrected chi connectivity index (χ4v) is 3.58. The Morgan fingerprint density at radius 3 is 1.79 bits per heavy atom. The van der Waals surface area contributed by atoms with Gasteiger partial charge in [-0.3, -0.25) is 9.59 Å². The lowest BCUT2D eigenvalue weighted by Gasteiger charge is -2.30. The van der Waals surface area contributed by atoms with Crippen LogP contribution in [0.15, 0.2) is 30.3 Å². The molecule has 5 atom stereocenters. The number of ether oxygens (including phenoxy) is 3. The summed E-state index contributed by atoms with van der Waals surface area (Å²) in [6, 6.07) is 7.55. The van der Waals surface area contributed by atoms with Gasteiger partial charge in [-0.15, -0.1) is 0 Å². The molecule has 0 radical (unpaired) electrons. The smallest absolute Gasteiger partial charge is 0.329 e. The molecule has 1 aromatic rings. The number of nitrogens with one attached hydrogen (secondary N) is 2. The zero-order valence-electron chi connectivity index (χ0n) is 25.2. The van der Waals surface area contributed by atoms with E-state index in [0.29, 0.717) is 6.42 Å². The molecular weight excluding hydrogens is 500 g/mol. The number of benzene rings is 1. The van der Waals surface area contributed by atoms with Gasteiger partial charge in [-0.25, -0.2) is 9.59 Å². The normalized spacial score (nSPS) is 15.6. The van der Waals surface area contributed by atoms with E-state index in [0.717, 1.165) is 5.56 Å². The summed E-state index contributed by atoms with van der Waals surface area (Å²) in [6.07, 6.45) is -1.42. The average molecular weight is 549 g/mol. The number of hydrogen-bond acceptors (Lipinski definition) is 7. The van der Waals surface area contributed by atoms with Crippen LogP contribution >= 0.6 is 0 Å². The molecule has 0 saturated heterocycles. The van der Waals surface area contributed by atoms with Crippen LogP contribution in [-0.4, -0.2) is 53.6 Å². The molecule has 220 valence electrons. The van der Waals surface area contributed by atoms with E-state index < -0.39 is 53.6 Å². The molecule has 39 heavy (non-hydrogen) atoms. The predicted octanol–water partition coefficient (Wildman–Crippen LogP) is 4.17. The molecule has 0 aliphatic rings. The molecule has 0 saturated carbocycles. The molecule has 9 nitrogen and oxygen atoms in total. The lowest BCUT2D eigenvalue weighted by molar-refractivity contribution is -0.166. The highest BCUT2D eigenvalue weighted by Crippen LogP contribution is 2.18. The molecular formula is C30H48N2O7. The predicted molar refractivity (Wildman–Crippen MR) is 149 cm³/mol. The van der Waals surface area contributed by atoms with Crippen LogP contribution in [0.25, 0.3) is 0 Å². The number of rotatable bonds is 14. The summed E-state index contributed by atoms with van der Waals surface area (Å²) in [5.41, 5.74) is 0.202. The second-order valence-corrected chi connectivity index (χ2v) is 11.7. The Morgan fingerprint density at radius 2 is 1.31 bits per heavy atom. The van der Waals surface area contributed by atoms with Gasteiger partial charge in [-0.2, -0.15) is 0 Å². The Balaban J connectivity index is 2.95. The Hall–Kier alpha value is -2.94. The lowest BCUT2D eigenvalue weighted by Crippen LogP contribution is -2.54. The van der Waals surface area contributed by atoms with Crippen molar-refractivity contribution in [2.45, 2.75) is 112 Å². The molecule has 0 unspecified atom stereocenters. The molecule has 2 N–H and O–H groups in total. The van der Waals surface area contributed by atoms with Gasteiger partial charge in [-0.05, 0) is 51.5 Å². The highest BCUT2D eigenvalue weighted by molar-refractivity contribution is 5.91. The third-order valence-electron chi connectivity index (χ3n) is 6.22. The van der Waals surface area contributed by atoms with E-state index in [1.54, 1.807) is 62.3 Å². The molecule has 0 bridgehead atoms. The maximum absolute atomic E-state index is 13.3. The Bertz CT molecular complexity index is 940. The van der Waals surface area contributed by atoms with Crippen LogP contribution in [-0.2, 0) is 40.0 Å². The van der Waals surface area contributed by atoms with Crippen LogP contribution in [0.4, 0.5) is 0 Å². The maximum atomic E-state index is 13.3. The van der Waals surface area contributed by atoms with E-state index in [4.69, 9.17) is 14.2 Å². The molecule has 0 spiro atoms. The van der Waals surface area contributed by atoms with Crippen molar-refractivity contribution in [1.29, 1.82) is 0 Å². The minimum atomic E-state index is -1.16. The van der Waals surface area contributed by atoms with Gasteiger partial charge >= 0.3 is 11.9 Å². The molecule has 0 fully saturated rings. The minimum absolute atomic E-state index is 0.247. The molecule has 2 amide bonds. The number of amides is 2. The van der Waals surface area contributed by atoms with Gasteiger partial charge in [0.05, 0.1) is 6.61 Å². The van der Waals surface area contributed by atoms with Crippen LogP contribution in [0, 0.1) is 17.8 Å². The van der Waals surface area contributed by atoms with Crippen LogP contribution < -0.4 is 10.6 Å². The fraction of sp³-hybridized carbons (Fsp3) is 0.667. The van der Waals surface area contributed by atoms with Gasteiger partial charge in [0.25, 0.3) is 5.91 Å². The summed E-state index contributed by atoms with van der Waals surface area (Å²) in [4.78, 5) is 52.1. The summed E-state index contributed by atoms with van der Waals surface area (Å²) in [5, 5.41) is 5.43. The number of carbonyl (C=O) groups excluding carboxylic acids is 4. The summed E-state index contributed by atoms with van der Waals surface area (Å²) < 4.78 is 16.8. The molecule has 0 heterocycles. The van der Waals surface area contributed by atoms with E-state index >= 15 is 0 Å². The molecule has 0 aromatic heterocycles. The highest BCUT2D eigenvalue weighted by atomic mass is 16.6. The number of hydrogen-bond donors (Lipinski definition) is 2. The monoisotopic (exact) mass is 548 g/mol. The van der Waals surface area contributed by atoms with E-state index in [2.05, 4.69) is 10.6 Å². The van der Waals surface area contributed by atoms with Gasteiger partial charge in [0, 0.05) is 5.92 Å². The van der Waals surface area contributed by atoms with E-state index in [1.165, 1.54) is 0 Å². The van der Waals surface area contributed by atoms with E-state index in [9.17, 15) is 19.2 Å². The van der Waals surface area contributed by atoms with Crippen molar-refractivity contribution < 1.29 is 33.4 Å². The molecule has 0 aliphatic carbocycles. The zero-order valence-corrected chi connectivity index (χ0v) is 25.2. The third kappa shape index (κ3) is 11.8. The molecule has 9 heteroatoms. The second kappa shape index (κ2) is 15.6. The van der Waals surface area contributed by atoms with Crippen molar-refractivity contribution in [2.75, 3.05) is 0 Å². The van der Waals surface area contributed by atoms with Gasteiger partial charge < -0.3 is 24.8 Å². The van der Waals surface area contributed by atoms with Gasteiger partial charge in [0.2, 0.25) is 5.91 Å². The van der Waals surface area contributed by atoms with Crippen molar-refractivity contribution in [1.82, 2.24) is 10.6 Å². The Morgan fingerprint density at radius 1 is 0.795 bits per heavy atom. The summed E-state index contributed by atoms with van der Waals surface area (Å²) in [6.45, 7) is 17.9. The molecule has 1 aromatic carbocycles. The fourth-order valence-electron chi connectivity index (χ4n) is 3.58. The summed E-state index contributed by atoms with van der Waals surface area (Å²) >= 11 is 0. The summed E-state index contributed by atoms with van der Waals surface area (Å²) in [7, 11) is 0. The van der Waals surface area contributed by atoms with Crippen LogP contribution in [0.1, 0.15) is 81.2 Å². The standard InChI is InChI=1S/C30H48N2O7/c1-11-20(6)25(27(34)32-24(19(4)5)29(36)39-30(8,9)10)38-28(35)23(18(2)3)31-26(33)21(7)37-17-22-15-13-12-14-16-22/h12-16,18-21,23-25H,11,17H2,1-10H3,(H,31,33)(H,32,34)/t20-,21+,23-,24+,25+/m0/s1. The Labute approximate surface area is 233 Å². The first-order chi connectivity index (χ1) is 18.1. The summed E-state index contributed by atoms with van der Waals surface area (Å²) in [5.74, 6) is -3.24. The zero-order chi connectivity index (χ0) is 29.9. The molecule has 0 aliphatic heterocycles. The van der Waals surface area contributed by atoms with Crippen molar-refractivity contribution in [3.8, 4) is 0 Å². The average Bonchev–Trinajstić information content (AvgIpc) is 2.85.